The minimum absolute atomic E-state index is 0.102. The molecule has 110 valence electrons. The number of nitrogens with one attached hydrogen (secondary N) is 2. The number of rotatable bonds is 5. The van der Waals surface area contributed by atoms with Gasteiger partial charge in [-0.05, 0) is 32.0 Å². The van der Waals surface area contributed by atoms with Gasteiger partial charge in [-0.3, -0.25) is 4.79 Å². The highest BCUT2D eigenvalue weighted by molar-refractivity contribution is 6.35. The zero-order valence-corrected chi connectivity index (χ0v) is 12.7. The molecule has 0 fully saturated rings. The van der Waals surface area contributed by atoms with Gasteiger partial charge in [0.15, 0.2) is 0 Å². The molecule has 5 nitrogen and oxygen atoms in total. The van der Waals surface area contributed by atoms with E-state index in [1.165, 1.54) is 0 Å². The Labute approximate surface area is 127 Å². The van der Waals surface area contributed by atoms with E-state index in [-0.39, 0.29) is 18.4 Å². The van der Waals surface area contributed by atoms with Gasteiger partial charge in [0.1, 0.15) is 0 Å². The Balaban J connectivity index is 2.51. The van der Waals surface area contributed by atoms with E-state index in [9.17, 15) is 9.59 Å². The van der Waals surface area contributed by atoms with Gasteiger partial charge < -0.3 is 15.4 Å². The number of amides is 2. The van der Waals surface area contributed by atoms with E-state index in [0.29, 0.717) is 22.3 Å². The third-order valence-corrected chi connectivity index (χ3v) is 2.90. The van der Waals surface area contributed by atoms with Crippen molar-refractivity contribution < 1.29 is 14.3 Å². The summed E-state index contributed by atoms with van der Waals surface area (Å²) in [6, 6.07) is 3.93. The molecule has 0 radical (unpaired) electrons. The van der Waals surface area contributed by atoms with Crippen molar-refractivity contribution in [3.8, 4) is 0 Å². The summed E-state index contributed by atoms with van der Waals surface area (Å²) >= 11 is 11.7. The summed E-state index contributed by atoms with van der Waals surface area (Å²) in [6.07, 6.45) is 0.102. The number of urea groups is 1. The highest BCUT2D eigenvalue weighted by Gasteiger charge is 2.13. The predicted octanol–water partition coefficient (Wildman–Crippen LogP) is 3.46. The van der Waals surface area contributed by atoms with E-state index in [0.717, 1.165) is 0 Å². The van der Waals surface area contributed by atoms with Gasteiger partial charge in [-0.1, -0.05) is 23.2 Å². The molecule has 1 aromatic rings. The summed E-state index contributed by atoms with van der Waals surface area (Å²) in [4.78, 5) is 23.0. The van der Waals surface area contributed by atoms with Gasteiger partial charge in [-0.25, -0.2) is 4.79 Å². The molecular formula is C13H16Cl2N2O3. The first-order chi connectivity index (χ1) is 9.42. The number of esters is 1. The van der Waals surface area contributed by atoms with Crippen LogP contribution in [0.2, 0.25) is 10.0 Å². The standard InChI is InChI=1S/C13H16Cl2N2O3/c1-3-20-12(18)6-8(2)16-13(19)17-11-7-9(14)4-5-10(11)15/h4-5,7-8H,3,6H2,1-2H3,(H2,16,17,19)/t8-/m0/s1. The Morgan fingerprint density at radius 3 is 2.70 bits per heavy atom. The number of anilines is 1. The summed E-state index contributed by atoms with van der Waals surface area (Å²) in [5.74, 6) is -0.360. The molecule has 1 aromatic carbocycles. The average molecular weight is 319 g/mol. The second kappa shape index (κ2) is 7.97. The van der Waals surface area contributed by atoms with Crippen molar-refractivity contribution in [2.24, 2.45) is 0 Å². The van der Waals surface area contributed by atoms with Crippen molar-refractivity contribution in [2.75, 3.05) is 11.9 Å². The lowest BCUT2D eigenvalue weighted by Crippen LogP contribution is -2.37. The van der Waals surface area contributed by atoms with Gasteiger partial charge in [0.25, 0.3) is 0 Å². The van der Waals surface area contributed by atoms with Gasteiger partial charge in [-0.15, -0.1) is 0 Å². The van der Waals surface area contributed by atoms with E-state index in [4.69, 9.17) is 27.9 Å². The zero-order valence-electron chi connectivity index (χ0n) is 11.2. The summed E-state index contributed by atoms with van der Waals surface area (Å²) in [5, 5.41) is 6.02. The summed E-state index contributed by atoms with van der Waals surface area (Å²) < 4.78 is 4.80. The van der Waals surface area contributed by atoms with Crippen molar-refractivity contribution in [1.82, 2.24) is 5.32 Å². The van der Waals surface area contributed by atoms with Gasteiger partial charge in [0.05, 0.1) is 23.7 Å². The van der Waals surface area contributed by atoms with Crippen LogP contribution in [0.5, 0.6) is 0 Å². The summed E-state index contributed by atoms with van der Waals surface area (Å²) in [7, 11) is 0. The van der Waals surface area contributed by atoms with Crippen LogP contribution in [0.15, 0.2) is 18.2 Å². The number of ether oxygens (including phenoxy) is 1. The molecule has 0 spiro atoms. The maximum atomic E-state index is 11.7. The number of hydrogen-bond donors (Lipinski definition) is 2. The van der Waals surface area contributed by atoms with Crippen molar-refractivity contribution in [3.63, 3.8) is 0 Å². The number of carbonyl (C=O) groups excluding carboxylic acids is 2. The quantitative estimate of drug-likeness (QED) is 0.817. The largest absolute Gasteiger partial charge is 0.466 e. The minimum atomic E-state index is -0.467. The zero-order chi connectivity index (χ0) is 15.1. The number of carbonyl (C=O) groups is 2. The maximum absolute atomic E-state index is 11.7. The van der Waals surface area contributed by atoms with Gasteiger partial charge in [-0.2, -0.15) is 0 Å². The summed E-state index contributed by atoms with van der Waals surface area (Å²) in [5.41, 5.74) is 0.403. The fraction of sp³-hybridized carbons (Fsp3) is 0.385. The molecule has 0 unspecified atom stereocenters. The molecule has 0 aliphatic rings. The first-order valence-corrected chi connectivity index (χ1v) is 6.86. The Bertz CT molecular complexity index is 495. The molecule has 0 heterocycles. The van der Waals surface area contributed by atoms with Crippen molar-refractivity contribution in [2.45, 2.75) is 26.3 Å². The fourth-order valence-corrected chi connectivity index (χ4v) is 1.83. The molecular weight excluding hydrogens is 303 g/mol. The Hall–Kier alpha value is -1.46. The molecule has 1 rings (SSSR count). The SMILES string of the molecule is CCOC(=O)C[C@H](C)NC(=O)Nc1cc(Cl)ccc1Cl. The predicted molar refractivity (Wildman–Crippen MR) is 79.3 cm³/mol. The molecule has 20 heavy (non-hydrogen) atoms. The van der Waals surface area contributed by atoms with Crippen molar-refractivity contribution >= 4 is 40.9 Å². The van der Waals surface area contributed by atoms with Gasteiger partial charge >= 0.3 is 12.0 Å². The Morgan fingerprint density at radius 1 is 1.35 bits per heavy atom. The molecule has 0 aromatic heterocycles. The van der Waals surface area contributed by atoms with Gasteiger partial charge in [0.2, 0.25) is 0 Å². The Morgan fingerprint density at radius 2 is 2.05 bits per heavy atom. The molecule has 0 bridgehead atoms. The van der Waals surface area contributed by atoms with Crippen molar-refractivity contribution in [1.29, 1.82) is 0 Å². The lowest BCUT2D eigenvalue weighted by atomic mass is 10.2. The highest BCUT2D eigenvalue weighted by atomic mass is 35.5. The van der Waals surface area contributed by atoms with Crippen LogP contribution in [0.25, 0.3) is 0 Å². The topological polar surface area (TPSA) is 67.4 Å². The monoisotopic (exact) mass is 318 g/mol. The second-order valence-corrected chi connectivity index (χ2v) is 4.98. The molecule has 0 saturated carbocycles. The Kier molecular flexibility index (Phi) is 6.61. The molecule has 0 aliphatic carbocycles. The number of hydrogen-bond acceptors (Lipinski definition) is 3. The highest BCUT2D eigenvalue weighted by Crippen LogP contribution is 2.25. The van der Waals surface area contributed by atoms with E-state index < -0.39 is 6.03 Å². The van der Waals surface area contributed by atoms with Crippen molar-refractivity contribution in [3.05, 3.63) is 28.2 Å². The average Bonchev–Trinajstić information content (AvgIpc) is 2.33. The summed E-state index contributed by atoms with van der Waals surface area (Å²) in [6.45, 7) is 3.75. The number of benzene rings is 1. The van der Waals surface area contributed by atoms with E-state index in [1.54, 1.807) is 32.0 Å². The van der Waals surface area contributed by atoms with Crippen LogP contribution in [-0.4, -0.2) is 24.6 Å². The van der Waals surface area contributed by atoms with E-state index in [2.05, 4.69) is 10.6 Å². The van der Waals surface area contributed by atoms with Crippen LogP contribution in [0.4, 0.5) is 10.5 Å². The molecule has 2 amide bonds. The molecule has 7 heteroatoms. The first kappa shape index (κ1) is 16.6. The van der Waals surface area contributed by atoms with Crippen LogP contribution < -0.4 is 10.6 Å². The maximum Gasteiger partial charge on any atom is 0.319 e. The molecule has 0 saturated heterocycles. The third kappa shape index (κ3) is 5.67. The fourth-order valence-electron chi connectivity index (χ4n) is 1.50. The lowest BCUT2D eigenvalue weighted by Gasteiger charge is -2.14. The molecule has 2 N–H and O–H groups in total. The minimum Gasteiger partial charge on any atom is -0.466 e. The lowest BCUT2D eigenvalue weighted by molar-refractivity contribution is -0.143. The van der Waals surface area contributed by atoms with E-state index >= 15 is 0 Å². The van der Waals surface area contributed by atoms with Crippen LogP contribution >= 0.6 is 23.2 Å². The van der Waals surface area contributed by atoms with Gasteiger partial charge in [0, 0.05) is 11.1 Å². The van der Waals surface area contributed by atoms with Crippen LogP contribution in [-0.2, 0) is 9.53 Å². The normalized spacial score (nSPS) is 11.6. The third-order valence-electron chi connectivity index (χ3n) is 2.33. The molecule has 1 atom stereocenters. The smallest absolute Gasteiger partial charge is 0.319 e. The van der Waals surface area contributed by atoms with E-state index in [1.807, 2.05) is 0 Å². The first-order valence-electron chi connectivity index (χ1n) is 6.10. The van der Waals surface area contributed by atoms with Crippen LogP contribution in [0.3, 0.4) is 0 Å². The number of halogens is 2. The van der Waals surface area contributed by atoms with Crippen LogP contribution in [0, 0.1) is 0 Å². The van der Waals surface area contributed by atoms with Crippen LogP contribution in [0.1, 0.15) is 20.3 Å². The molecule has 0 aliphatic heterocycles. The second-order valence-electron chi connectivity index (χ2n) is 4.13.